The molecule has 1 saturated carbocycles. The molecule has 1 aliphatic rings. The molecule has 0 radical (unpaired) electrons. The fourth-order valence-corrected chi connectivity index (χ4v) is 2.24. The number of anilines is 1. The van der Waals surface area contributed by atoms with Crippen molar-refractivity contribution in [2.75, 3.05) is 5.32 Å². The van der Waals surface area contributed by atoms with Crippen LogP contribution in [0.3, 0.4) is 0 Å². The Labute approximate surface area is 118 Å². The van der Waals surface area contributed by atoms with Crippen LogP contribution in [0.5, 0.6) is 5.88 Å². The summed E-state index contributed by atoms with van der Waals surface area (Å²) in [5.41, 5.74) is 0.586. The quantitative estimate of drug-likeness (QED) is 0.917. The molecule has 5 heteroatoms. The van der Waals surface area contributed by atoms with Gasteiger partial charge in [-0.1, -0.05) is 0 Å². The molecule has 1 heterocycles. The number of aromatic nitrogens is 1. The van der Waals surface area contributed by atoms with E-state index in [2.05, 4.69) is 10.3 Å². The number of hydrogen-bond donors (Lipinski definition) is 1. The van der Waals surface area contributed by atoms with Gasteiger partial charge < -0.3 is 10.1 Å². The second kappa shape index (κ2) is 6.50. The highest BCUT2D eigenvalue weighted by atomic mass is 16.5. The van der Waals surface area contributed by atoms with Gasteiger partial charge in [-0.15, -0.1) is 0 Å². The topological polar surface area (TPSA) is 68.3 Å². The molecular formula is C15H20N2O3. The minimum atomic E-state index is -0.0974. The average molecular weight is 276 g/mol. The van der Waals surface area contributed by atoms with Crippen molar-refractivity contribution in [3.63, 3.8) is 0 Å². The van der Waals surface area contributed by atoms with E-state index in [0.717, 1.165) is 0 Å². The monoisotopic (exact) mass is 276 g/mol. The zero-order valence-corrected chi connectivity index (χ0v) is 11.9. The molecule has 0 spiro atoms. The lowest BCUT2D eigenvalue weighted by Crippen LogP contribution is -2.27. The Bertz CT molecular complexity index is 490. The third-order valence-corrected chi connectivity index (χ3v) is 3.29. The van der Waals surface area contributed by atoms with Crippen LogP contribution in [0, 0.1) is 5.92 Å². The van der Waals surface area contributed by atoms with E-state index in [-0.39, 0.29) is 23.7 Å². The van der Waals surface area contributed by atoms with Crippen molar-refractivity contribution in [3.05, 3.63) is 18.3 Å². The zero-order chi connectivity index (χ0) is 14.5. The van der Waals surface area contributed by atoms with Crippen molar-refractivity contribution in [2.24, 2.45) is 5.92 Å². The SMILES string of the molecule is CC(C)Oc1ncccc1NC(=O)C1CCC(=O)CC1. The van der Waals surface area contributed by atoms with Crippen LogP contribution in [-0.2, 0) is 9.59 Å². The Morgan fingerprint density at radius 3 is 2.75 bits per heavy atom. The third kappa shape index (κ3) is 3.79. The molecule has 0 saturated heterocycles. The van der Waals surface area contributed by atoms with Crippen LogP contribution in [-0.4, -0.2) is 22.8 Å². The van der Waals surface area contributed by atoms with E-state index in [4.69, 9.17) is 4.74 Å². The molecule has 0 atom stereocenters. The van der Waals surface area contributed by atoms with E-state index in [1.54, 1.807) is 18.3 Å². The van der Waals surface area contributed by atoms with Gasteiger partial charge >= 0.3 is 0 Å². The molecule has 1 fully saturated rings. The summed E-state index contributed by atoms with van der Waals surface area (Å²) in [5, 5.41) is 2.86. The Hall–Kier alpha value is -1.91. The summed E-state index contributed by atoms with van der Waals surface area (Å²) >= 11 is 0. The molecular weight excluding hydrogens is 256 g/mol. The van der Waals surface area contributed by atoms with E-state index < -0.39 is 0 Å². The van der Waals surface area contributed by atoms with Crippen molar-refractivity contribution in [1.29, 1.82) is 0 Å². The first-order valence-electron chi connectivity index (χ1n) is 7.00. The highest BCUT2D eigenvalue weighted by Gasteiger charge is 2.25. The predicted molar refractivity (Wildman–Crippen MR) is 75.6 cm³/mol. The van der Waals surface area contributed by atoms with Gasteiger partial charge in [0.2, 0.25) is 11.8 Å². The molecule has 1 aromatic rings. The third-order valence-electron chi connectivity index (χ3n) is 3.29. The number of ether oxygens (including phenoxy) is 1. The van der Waals surface area contributed by atoms with Gasteiger partial charge in [0, 0.05) is 25.0 Å². The Morgan fingerprint density at radius 1 is 1.40 bits per heavy atom. The predicted octanol–water partition coefficient (Wildman–Crippen LogP) is 2.57. The number of ketones is 1. The van der Waals surface area contributed by atoms with Crippen molar-refractivity contribution < 1.29 is 14.3 Å². The lowest BCUT2D eigenvalue weighted by atomic mass is 9.88. The number of Topliss-reactive ketones (excluding diaryl/α,β-unsaturated/α-hetero) is 1. The van der Waals surface area contributed by atoms with Crippen molar-refractivity contribution in [1.82, 2.24) is 4.98 Å². The number of pyridine rings is 1. The average Bonchev–Trinajstić information content (AvgIpc) is 2.41. The van der Waals surface area contributed by atoms with Gasteiger partial charge in [-0.3, -0.25) is 9.59 Å². The standard InChI is InChI=1S/C15H20N2O3/c1-10(2)20-15-13(4-3-9-16-15)17-14(19)11-5-7-12(18)8-6-11/h3-4,9-11H,5-8H2,1-2H3,(H,17,19). The van der Waals surface area contributed by atoms with Crippen LogP contribution in [0.2, 0.25) is 0 Å². The van der Waals surface area contributed by atoms with Gasteiger partial charge in [0.15, 0.2) is 0 Å². The number of hydrogen-bond acceptors (Lipinski definition) is 4. The van der Waals surface area contributed by atoms with Gasteiger partial charge in [0.05, 0.1) is 6.10 Å². The van der Waals surface area contributed by atoms with E-state index in [1.807, 2.05) is 13.8 Å². The fourth-order valence-electron chi connectivity index (χ4n) is 2.24. The van der Waals surface area contributed by atoms with E-state index in [0.29, 0.717) is 37.3 Å². The molecule has 0 bridgehead atoms. The van der Waals surface area contributed by atoms with Crippen LogP contribution >= 0.6 is 0 Å². The summed E-state index contributed by atoms with van der Waals surface area (Å²) in [6.07, 6.45) is 3.89. The number of carbonyl (C=O) groups excluding carboxylic acids is 2. The number of nitrogens with zero attached hydrogens (tertiary/aromatic N) is 1. The highest BCUT2D eigenvalue weighted by Crippen LogP contribution is 2.26. The lowest BCUT2D eigenvalue weighted by molar-refractivity contribution is -0.125. The lowest BCUT2D eigenvalue weighted by Gasteiger charge is -2.21. The summed E-state index contributed by atoms with van der Waals surface area (Å²) in [7, 11) is 0. The van der Waals surface area contributed by atoms with Gasteiger partial charge in [0.1, 0.15) is 11.5 Å². The molecule has 20 heavy (non-hydrogen) atoms. The summed E-state index contributed by atoms with van der Waals surface area (Å²) in [6, 6.07) is 3.53. The van der Waals surface area contributed by atoms with Crippen LogP contribution in [0.15, 0.2) is 18.3 Å². The van der Waals surface area contributed by atoms with E-state index in [9.17, 15) is 9.59 Å². The minimum Gasteiger partial charge on any atom is -0.473 e. The Balaban J connectivity index is 2.02. The van der Waals surface area contributed by atoms with Crippen molar-refractivity contribution >= 4 is 17.4 Å². The Morgan fingerprint density at radius 2 is 2.10 bits per heavy atom. The van der Waals surface area contributed by atoms with Crippen LogP contribution in [0.25, 0.3) is 0 Å². The highest BCUT2D eigenvalue weighted by molar-refractivity contribution is 5.94. The molecule has 0 unspecified atom stereocenters. The number of amides is 1. The van der Waals surface area contributed by atoms with E-state index in [1.165, 1.54) is 0 Å². The van der Waals surface area contributed by atoms with Gasteiger partial charge in [-0.25, -0.2) is 4.98 Å². The van der Waals surface area contributed by atoms with E-state index >= 15 is 0 Å². The van der Waals surface area contributed by atoms with Crippen LogP contribution < -0.4 is 10.1 Å². The van der Waals surface area contributed by atoms with Crippen molar-refractivity contribution in [3.8, 4) is 5.88 Å². The van der Waals surface area contributed by atoms with Gasteiger partial charge in [-0.2, -0.15) is 0 Å². The van der Waals surface area contributed by atoms with Gasteiger partial charge in [0.25, 0.3) is 0 Å². The van der Waals surface area contributed by atoms with Crippen LogP contribution in [0.1, 0.15) is 39.5 Å². The van der Waals surface area contributed by atoms with Gasteiger partial charge in [-0.05, 0) is 38.8 Å². The summed E-state index contributed by atoms with van der Waals surface area (Å²) in [5.74, 6) is 0.529. The Kier molecular flexibility index (Phi) is 4.71. The molecule has 1 amide bonds. The molecule has 1 aliphatic carbocycles. The first kappa shape index (κ1) is 14.5. The smallest absolute Gasteiger partial charge is 0.238 e. The zero-order valence-electron chi connectivity index (χ0n) is 11.9. The summed E-state index contributed by atoms with van der Waals surface area (Å²) in [6.45, 7) is 3.82. The first-order chi connectivity index (χ1) is 9.56. The number of carbonyl (C=O) groups is 2. The first-order valence-corrected chi connectivity index (χ1v) is 7.00. The number of nitrogens with one attached hydrogen (secondary N) is 1. The molecule has 0 aliphatic heterocycles. The van der Waals surface area contributed by atoms with Crippen molar-refractivity contribution in [2.45, 2.75) is 45.6 Å². The summed E-state index contributed by atoms with van der Waals surface area (Å²) in [4.78, 5) is 27.5. The second-order valence-electron chi connectivity index (χ2n) is 5.32. The molecule has 1 aromatic heterocycles. The maximum Gasteiger partial charge on any atom is 0.238 e. The maximum absolute atomic E-state index is 12.2. The second-order valence-corrected chi connectivity index (χ2v) is 5.32. The normalized spacial score (nSPS) is 16.2. The molecule has 1 N–H and O–H groups in total. The fraction of sp³-hybridized carbons (Fsp3) is 0.533. The molecule has 0 aromatic carbocycles. The van der Waals surface area contributed by atoms with Crippen LogP contribution in [0.4, 0.5) is 5.69 Å². The molecule has 5 nitrogen and oxygen atoms in total. The number of rotatable bonds is 4. The largest absolute Gasteiger partial charge is 0.473 e. The maximum atomic E-state index is 12.2. The molecule has 108 valence electrons. The molecule has 2 rings (SSSR count). The summed E-state index contributed by atoms with van der Waals surface area (Å²) < 4.78 is 5.57. The minimum absolute atomic E-state index is 0.00662.